The number of nitrogens with one attached hydrogen (secondary N) is 2. The summed E-state index contributed by atoms with van der Waals surface area (Å²) in [6.07, 6.45) is 0. The summed E-state index contributed by atoms with van der Waals surface area (Å²) in [6.45, 7) is 6.17. The van der Waals surface area contributed by atoms with Crippen LogP contribution in [0.3, 0.4) is 0 Å². The van der Waals surface area contributed by atoms with E-state index in [4.69, 9.17) is 4.74 Å². The van der Waals surface area contributed by atoms with E-state index in [0.29, 0.717) is 25.6 Å². The van der Waals surface area contributed by atoms with Gasteiger partial charge in [-0.25, -0.2) is 0 Å². The Kier molecular flexibility index (Phi) is 9.22. The van der Waals surface area contributed by atoms with Crippen molar-refractivity contribution in [3.05, 3.63) is 0 Å². The molecule has 0 fully saturated rings. The van der Waals surface area contributed by atoms with Gasteiger partial charge in [0.2, 0.25) is 11.8 Å². The molecular formula is C12H25N3O3. The summed E-state index contributed by atoms with van der Waals surface area (Å²) in [5.74, 6) is 0.174. The van der Waals surface area contributed by atoms with Gasteiger partial charge in [0.1, 0.15) is 0 Å². The summed E-state index contributed by atoms with van der Waals surface area (Å²) >= 11 is 0. The van der Waals surface area contributed by atoms with Crippen molar-refractivity contribution in [2.24, 2.45) is 5.92 Å². The van der Waals surface area contributed by atoms with Crippen molar-refractivity contribution in [1.82, 2.24) is 15.5 Å². The van der Waals surface area contributed by atoms with Gasteiger partial charge >= 0.3 is 0 Å². The first-order chi connectivity index (χ1) is 8.47. The zero-order valence-corrected chi connectivity index (χ0v) is 11.8. The number of hydrogen-bond acceptors (Lipinski definition) is 4. The summed E-state index contributed by atoms with van der Waals surface area (Å²) in [5.41, 5.74) is 0. The molecule has 0 aromatic rings. The molecule has 106 valence electrons. The molecule has 0 aliphatic heterocycles. The SMILES string of the molecule is COCCNCC(=O)N(C)CC(=O)NCC(C)C. The van der Waals surface area contributed by atoms with E-state index in [1.807, 2.05) is 13.8 Å². The highest BCUT2D eigenvalue weighted by atomic mass is 16.5. The fraction of sp³-hybridized carbons (Fsp3) is 0.833. The van der Waals surface area contributed by atoms with Gasteiger partial charge in [-0.1, -0.05) is 13.8 Å². The quantitative estimate of drug-likeness (QED) is 0.545. The topological polar surface area (TPSA) is 70.7 Å². The Morgan fingerprint density at radius 3 is 2.56 bits per heavy atom. The van der Waals surface area contributed by atoms with Crippen molar-refractivity contribution >= 4 is 11.8 Å². The minimum atomic E-state index is -0.128. The Bertz CT molecular complexity index is 257. The van der Waals surface area contributed by atoms with Crippen molar-refractivity contribution in [3.63, 3.8) is 0 Å². The molecule has 18 heavy (non-hydrogen) atoms. The first kappa shape index (κ1) is 16.9. The molecule has 6 heteroatoms. The first-order valence-corrected chi connectivity index (χ1v) is 6.17. The maximum Gasteiger partial charge on any atom is 0.239 e. The Morgan fingerprint density at radius 1 is 1.33 bits per heavy atom. The van der Waals surface area contributed by atoms with E-state index < -0.39 is 0 Å². The summed E-state index contributed by atoms with van der Waals surface area (Å²) in [5, 5.41) is 5.71. The van der Waals surface area contributed by atoms with Gasteiger partial charge in [0.05, 0.1) is 19.7 Å². The van der Waals surface area contributed by atoms with Gasteiger partial charge in [0.15, 0.2) is 0 Å². The van der Waals surface area contributed by atoms with Crippen LogP contribution in [0.2, 0.25) is 0 Å². The largest absolute Gasteiger partial charge is 0.383 e. The van der Waals surface area contributed by atoms with Crippen molar-refractivity contribution in [1.29, 1.82) is 0 Å². The third-order valence-corrected chi connectivity index (χ3v) is 2.27. The summed E-state index contributed by atoms with van der Waals surface area (Å²) in [4.78, 5) is 24.5. The van der Waals surface area contributed by atoms with Crippen LogP contribution < -0.4 is 10.6 Å². The van der Waals surface area contributed by atoms with Gasteiger partial charge in [-0.05, 0) is 5.92 Å². The lowest BCUT2D eigenvalue weighted by atomic mass is 10.2. The number of ether oxygens (including phenoxy) is 1. The van der Waals surface area contributed by atoms with Gasteiger partial charge in [-0.2, -0.15) is 0 Å². The Hall–Kier alpha value is -1.14. The first-order valence-electron chi connectivity index (χ1n) is 6.17. The predicted molar refractivity (Wildman–Crippen MR) is 70.2 cm³/mol. The maximum absolute atomic E-state index is 11.6. The van der Waals surface area contributed by atoms with Crippen molar-refractivity contribution in [2.45, 2.75) is 13.8 Å². The number of rotatable bonds is 9. The van der Waals surface area contributed by atoms with E-state index in [1.165, 1.54) is 4.90 Å². The van der Waals surface area contributed by atoms with E-state index in [1.54, 1.807) is 14.2 Å². The standard InChI is InChI=1S/C12H25N3O3/c1-10(2)7-14-11(16)9-15(3)12(17)8-13-5-6-18-4/h10,13H,5-9H2,1-4H3,(H,14,16). The van der Waals surface area contributed by atoms with E-state index in [-0.39, 0.29) is 24.9 Å². The molecule has 2 amide bonds. The van der Waals surface area contributed by atoms with Gasteiger partial charge in [0.25, 0.3) is 0 Å². The van der Waals surface area contributed by atoms with Gasteiger partial charge in [-0.3, -0.25) is 9.59 Å². The summed E-state index contributed by atoms with van der Waals surface area (Å²) in [7, 11) is 3.23. The molecule has 0 bridgehead atoms. The van der Waals surface area contributed by atoms with Crippen LogP contribution in [-0.4, -0.2) is 63.7 Å². The van der Waals surface area contributed by atoms with E-state index in [2.05, 4.69) is 10.6 Å². The van der Waals surface area contributed by atoms with Gasteiger partial charge < -0.3 is 20.3 Å². The highest BCUT2D eigenvalue weighted by Crippen LogP contribution is 1.88. The van der Waals surface area contributed by atoms with Crippen LogP contribution in [0.4, 0.5) is 0 Å². The zero-order valence-electron chi connectivity index (χ0n) is 11.8. The number of likely N-dealkylation sites (N-methyl/N-ethyl adjacent to an activating group) is 1. The molecule has 0 saturated heterocycles. The Labute approximate surface area is 109 Å². The molecule has 0 aliphatic carbocycles. The van der Waals surface area contributed by atoms with E-state index in [9.17, 15) is 9.59 Å². The van der Waals surface area contributed by atoms with Crippen LogP contribution in [0.1, 0.15) is 13.8 Å². The average Bonchev–Trinajstić information content (AvgIpc) is 2.31. The molecule has 0 atom stereocenters. The van der Waals surface area contributed by atoms with Gasteiger partial charge in [-0.15, -0.1) is 0 Å². The average molecular weight is 259 g/mol. The van der Waals surface area contributed by atoms with Crippen LogP contribution in [0.5, 0.6) is 0 Å². The van der Waals surface area contributed by atoms with Crippen LogP contribution in [0, 0.1) is 5.92 Å². The molecule has 0 rings (SSSR count). The molecule has 0 unspecified atom stereocenters. The number of amides is 2. The molecule has 6 nitrogen and oxygen atoms in total. The minimum absolute atomic E-state index is 0.0948. The number of methoxy groups -OCH3 is 1. The van der Waals surface area contributed by atoms with Gasteiger partial charge in [0, 0.05) is 27.2 Å². The molecule has 0 saturated carbocycles. The fourth-order valence-corrected chi connectivity index (χ4v) is 1.18. The number of carbonyl (C=O) groups excluding carboxylic acids is 2. The molecule has 0 spiro atoms. The number of carbonyl (C=O) groups is 2. The third-order valence-electron chi connectivity index (χ3n) is 2.27. The van der Waals surface area contributed by atoms with Crippen LogP contribution in [0.15, 0.2) is 0 Å². The van der Waals surface area contributed by atoms with Crippen molar-refractivity contribution in [2.75, 3.05) is 46.9 Å². The van der Waals surface area contributed by atoms with E-state index >= 15 is 0 Å². The second-order valence-corrected chi connectivity index (χ2v) is 4.62. The summed E-state index contributed by atoms with van der Waals surface area (Å²) in [6, 6.07) is 0. The van der Waals surface area contributed by atoms with Crippen LogP contribution >= 0.6 is 0 Å². The third kappa shape index (κ3) is 8.95. The normalized spacial score (nSPS) is 10.5. The molecular weight excluding hydrogens is 234 g/mol. The number of hydrogen-bond donors (Lipinski definition) is 2. The smallest absolute Gasteiger partial charge is 0.239 e. The Balaban J connectivity index is 3.75. The van der Waals surface area contributed by atoms with E-state index in [0.717, 1.165) is 0 Å². The molecule has 0 heterocycles. The molecule has 0 aliphatic rings. The highest BCUT2D eigenvalue weighted by Gasteiger charge is 2.12. The monoisotopic (exact) mass is 259 g/mol. The summed E-state index contributed by atoms with van der Waals surface area (Å²) < 4.78 is 4.85. The number of nitrogens with zero attached hydrogens (tertiary/aromatic N) is 1. The van der Waals surface area contributed by atoms with Crippen molar-refractivity contribution in [3.8, 4) is 0 Å². The zero-order chi connectivity index (χ0) is 14.0. The van der Waals surface area contributed by atoms with Crippen molar-refractivity contribution < 1.29 is 14.3 Å². The lowest BCUT2D eigenvalue weighted by Gasteiger charge is -2.17. The molecule has 0 aromatic carbocycles. The fourth-order valence-electron chi connectivity index (χ4n) is 1.18. The van der Waals surface area contributed by atoms with Crippen LogP contribution in [0.25, 0.3) is 0 Å². The predicted octanol–water partition coefficient (Wildman–Crippen LogP) is -0.547. The highest BCUT2D eigenvalue weighted by molar-refractivity contribution is 5.85. The molecule has 2 N–H and O–H groups in total. The minimum Gasteiger partial charge on any atom is -0.383 e. The Morgan fingerprint density at radius 2 is 2.00 bits per heavy atom. The molecule has 0 radical (unpaired) electrons. The lowest BCUT2D eigenvalue weighted by Crippen LogP contribution is -2.43. The molecule has 0 aromatic heterocycles. The second kappa shape index (κ2) is 9.85. The maximum atomic E-state index is 11.6. The lowest BCUT2D eigenvalue weighted by molar-refractivity contribution is -0.134. The van der Waals surface area contributed by atoms with Crippen LogP contribution in [-0.2, 0) is 14.3 Å². The second-order valence-electron chi connectivity index (χ2n) is 4.62.